The lowest BCUT2D eigenvalue weighted by Crippen LogP contribution is -2.21. The van der Waals surface area contributed by atoms with Gasteiger partial charge in [-0.3, -0.25) is 14.9 Å². The van der Waals surface area contributed by atoms with Crippen LogP contribution in [-0.4, -0.2) is 20.9 Å². The Morgan fingerprint density at radius 2 is 2.24 bits per heavy atom. The smallest absolute Gasteiger partial charge is 0.287 e. The molecule has 1 heterocycles. The van der Waals surface area contributed by atoms with Gasteiger partial charge in [-0.1, -0.05) is 18.2 Å². The third-order valence-corrected chi connectivity index (χ3v) is 3.96. The van der Waals surface area contributed by atoms with Crippen LogP contribution in [-0.2, 0) is 4.79 Å². The first-order chi connectivity index (χ1) is 8.16. The van der Waals surface area contributed by atoms with E-state index in [4.69, 9.17) is 0 Å². The topological polar surface area (TPSA) is 73.1 Å². The van der Waals surface area contributed by atoms with Crippen molar-refractivity contribution >= 4 is 23.2 Å². The fourth-order valence-corrected chi connectivity index (χ4v) is 2.86. The summed E-state index contributed by atoms with van der Waals surface area (Å²) in [5.41, 5.74) is -0.0238. The van der Waals surface area contributed by atoms with Crippen molar-refractivity contribution in [3.8, 4) is 0 Å². The number of ketones is 1. The number of rotatable bonds is 3. The summed E-state index contributed by atoms with van der Waals surface area (Å²) in [7, 11) is 0. The van der Waals surface area contributed by atoms with Crippen LogP contribution >= 0.6 is 11.8 Å². The molecule has 90 valence electrons. The van der Waals surface area contributed by atoms with Crippen molar-refractivity contribution in [3.63, 3.8) is 0 Å². The molecule has 0 aromatic carbocycles. The minimum Gasteiger partial charge on any atom is -0.298 e. The molecule has 0 spiro atoms. The monoisotopic (exact) mass is 252 g/mol. The van der Waals surface area contributed by atoms with Crippen LogP contribution in [0.2, 0.25) is 0 Å². The van der Waals surface area contributed by atoms with Gasteiger partial charge in [-0.05, 0) is 18.9 Å². The van der Waals surface area contributed by atoms with Gasteiger partial charge in [0.1, 0.15) is 12.0 Å². The number of thioether (sulfide) groups is 1. The lowest BCUT2D eigenvalue weighted by Gasteiger charge is -2.19. The van der Waals surface area contributed by atoms with E-state index in [9.17, 15) is 14.9 Å². The summed E-state index contributed by atoms with van der Waals surface area (Å²) in [6.07, 6.45) is 4.79. The van der Waals surface area contributed by atoms with Crippen LogP contribution in [0.3, 0.4) is 0 Å². The third-order valence-electron chi connectivity index (χ3n) is 2.69. The van der Waals surface area contributed by atoms with Gasteiger partial charge in [-0.25, -0.2) is 4.98 Å². The van der Waals surface area contributed by atoms with E-state index in [0.29, 0.717) is 11.4 Å². The molecule has 1 aliphatic carbocycles. The van der Waals surface area contributed by atoms with Gasteiger partial charge < -0.3 is 0 Å². The van der Waals surface area contributed by atoms with Crippen molar-refractivity contribution in [2.75, 3.05) is 0 Å². The highest BCUT2D eigenvalue weighted by Crippen LogP contribution is 2.30. The number of carbonyl (C=O) groups excluding carboxylic acids is 1. The molecule has 1 saturated carbocycles. The normalized spacial score (nSPS) is 20.2. The number of pyridine rings is 1. The van der Waals surface area contributed by atoms with Crippen molar-refractivity contribution < 1.29 is 9.72 Å². The first-order valence-corrected chi connectivity index (χ1v) is 6.34. The lowest BCUT2D eigenvalue weighted by atomic mass is 9.99. The van der Waals surface area contributed by atoms with Gasteiger partial charge in [-0.2, -0.15) is 0 Å². The number of carbonyl (C=O) groups is 1. The zero-order valence-electron chi connectivity index (χ0n) is 9.17. The Bertz CT molecular complexity index is 433. The zero-order valence-corrected chi connectivity index (χ0v) is 9.98. The number of nitrogens with zero attached hydrogens (tertiary/aromatic N) is 2. The highest BCUT2D eigenvalue weighted by Gasteiger charge is 2.23. The van der Waals surface area contributed by atoms with Crippen LogP contribution in [0.5, 0.6) is 0 Å². The van der Waals surface area contributed by atoms with E-state index in [1.54, 1.807) is 6.07 Å². The molecule has 0 N–H and O–H groups in total. The molecule has 2 rings (SSSR count). The van der Waals surface area contributed by atoms with E-state index >= 15 is 0 Å². The average Bonchev–Trinajstić information content (AvgIpc) is 2.33. The maximum absolute atomic E-state index is 11.6. The number of aromatic nitrogens is 1. The SMILES string of the molecule is O=C1CCCC[C@@H]1Sc1ccc([N+](=O)[O-])cn1. The van der Waals surface area contributed by atoms with E-state index in [0.717, 1.165) is 19.3 Å². The van der Waals surface area contributed by atoms with Crippen LogP contribution in [0.1, 0.15) is 25.7 Å². The van der Waals surface area contributed by atoms with E-state index in [2.05, 4.69) is 4.98 Å². The molecule has 0 bridgehead atoms. The molecule has 1 aromatic rings. The first kappa shape index (κ1) is 12.0. The van der Waals surface area contributed by atoms with Gasteiger partial charge in [0.25, 0.3) is 5.69 Å². The standard InChI is InChI=1S/C11H12N2O3S/c14-9-3-1-2-4-10(9)17-11-6-5-8(7-12-11)13(15)16/h5-7,10H,1-4H2/t10-/m0/s1. The summed E-state index contributed by atoms with van der Waals surface area (Å²) in [4.78, 5) is 25.6. The van der Waals surface area contributed by atoms with Crippen molar-refractivity contribution in [3.05, 3.63) is 28.4 Å². The zero-order chi connectivity index (χ0) is 12.3. The molecule has 0 radical (unpaired) electrons. The third kappa shape index (κ3) is 3.03. The molecule has 6 heteroatoms. The van der Waals surface area contributed by atoms with Gasteiger partial charge in [0, 0.05) is 12.5 Å². The Morgan fingerprint density at radius 1 is 1.41 bits per heavy atom. The highest BCUT2D eigenvalue weighted by molar-refractivity contribution is 8.00. The number of Topliss-reactive ketones (excluding diaryl/α,β-unsaturated/α-hetero) is 1. The second kappa shape index (κ2) is 5.27. The molecule has 1 aromatic heterocycles. The number of hydrogen-bond acceptors (Lipinski definition) is 5. The second-order valence-electron chi connectivity index (χ2n) is 3.93. The van der Waals surface area contributed by atoms with Crippen molar-refractivity contribution in [2.24, 2.45) is 0 Å². The van der Waals surface area contributed by atoms with Crippen molar-refractivity contribution in [2.45, 2.75) is 36.0 Å². The number of hydrogen-bond donors (Lipinski definition) is 0. The molecule has 17 heavy (non-hydrogen) atoms. The highest BCUT2D eigenvalue weighted by atomic mass is 32.2. The minimum absolute atomic E-state index is 0.0238. The molecule has 1 atom stereocenters. The molecule has 0 unspecified atom stereocenters. The van der Waals surface area contributed by atoms with E-state index in [-0.39, 0.29) is 16.7 Å². The Hall–Kier alpha value is -1.43. The van der Waals surface area contributed by atoms with Gasteiger partial charge in [-0.15, -0.1) is 0 Å². The molecule has 1 aliphatic rings. The number of nitro groups is 1. The molecular weight excluding hydrogens is 240 g/mol. The van der Waals surface area contributed by atoms with E-state index < -0.39 is 4.92 Å². The summed E-state index contributed by atoms with van der Waals surface area (Å²) in [6.45, 7) is 0. The Balaban J connectivity index is 2.03. The minimum atomic E-state index is -0.479. The van der Waals surface area contributed by atoms with Crippen molar-refractivity contribution in [1.82, 2.24) is 4.98 Å². The predicted molar refractivity (Wildman–Crippen MR) is 64.0 cm³/mol. The fourth-order valence-electron chi connectivity index (χ4n) is 1.77. The maximum atomic E-state index is 11.6. The van der Waals surface area contributed by atoms with Crippen molar-refractivity contribution in [1.29, 1.82) is 0 Å². The van der Waals surface area contributed by atoms with Crippen LogP contribution in [0.25, 0.3) is 0 Å². The van der Waals surface area contributed by atoms with E-state index in [1.165, 1.54) is 24.0 Å². The van der Waals surface area contributed by atoms with Gasteiger partial charge >= 0.3 is 0 Å². The first-order valence-electron chi connectivity index (χ1n) is 5.46. The predicted octanol–water partition coefficient (Wildman–Crippen LogP) is 2.59. The summed E-state index contributed by atoms with van der Waals surface area (Å²) in [5.74, 6) is 0.265. The Kier molecular flexibility index (Phi) is 3.73. The van der Waals surface area contributed by atoms with Gasteiger partial charge in [0.2, 0.25) is 0 Å². The Labute approximate surface area is 103 Å². The average molecular weight is 252 g/mol. The second-order valence-corrected chi connectivity index (χ2v) is 5.15. The largest absolute Gasteiger partial charge is 0.298 e. The van der Waals surface area contributed by atoms with Crippen LogP contribution in [0.4, 0.5) is 5.69 Å². The van der Waals surface area contributed by atoms with Gasteiger partial charge in [0.05, 0.1) is 15.2 Å². The summed E-state index contributed by atoms with van der Waals surface area (Å²) < 4.78 is 0. The molecule has 1 fully saturated rings. The molecule has 0 amide bonds. The van der Waals surface area contributed by atoms with Crippen LogP contribution < -0.4 is 0 Å². The molecule has 0 aliphatic heterocycles. The fraction of sp³-hybridized carbons (Fsp3) is 0.455. The summed E-state index contributed by atoms with van der Waals surface area (Å²) in [6, 6.07) is 3.02. The molecule has 5 nitrogen and oxygen atoms in total. The van der Waals surface area contributed by atoms with Crippen LogP contribution in [0, 0.1) is 10.1 Å². The Morgan fingerprint density at radius 3 is 2.82 bits per heavy atom. The van der Waals surface area contributed by atoms with E-state index in [1.807, 2.05) is 0 Å². The maximum Gasteiger partial charge on any atom is 0.287 e. The van der Waals surface area contributed by atoms with Gasteiger partial charge in [0.15, 0.2) is 0 Å². The summed E-state index contributed by atoms with van der Waals surface area (Å²) >= 11 is 1.41. The molecular formula is C11H12N2O3S. The lowest BCUT2D eigenvalue weighted by molar-refractivity contribution is -0.385. The molecule has 0 saturated heterocycles. The summed E-state index contributed by atoms with van der Waals surface area (Å²) in [5, 5.41) is 11.1. The quantitative estimate of drug-likeness (QED) is 0.610. The van der Waals surface area contributed by atoms with Crippen LogP contribution in [0.15, 0.2) is 23.4 Å².